The lowest BCUT2D eigenvalue weighted by molar-refractivity contribution is 0.0992. The number of phosphoric ester groups is 1. The number of rotatable bonds is 11. The Balaban J connectivity index is 2.80. The lowest BCUT2D eigenvalue weighted by Gasteiger charge is -2.25. The highest BCUT2D eigenvalue weighted by Crippen LogP contribution is 2.40. The Bertz CT molecular complexity index is 605. The number of ether oxygens (including phenoxy) is 2. The number of benzene rings is 1. The Hall–Kier alpha value is -1.60. The number of phosphoric acid groups is 1. The molecule has 3 N–H and O–H groups in total. The van der Waals surface area contributed by atoms with Gasteiger partial charge in [0.2, 0.25) is 0 Å². The summed E-state index contributed by atoms with van der Waals surface area (Å²) >= 11 is 0. The maximum Gasteiger partial charge on any atom is 0.469 e. The summed E-state index contributed by atoms with van der Waals surface area (Å²) < 4.78 is 26.2. The molecular formula is C17H28NO7P. The van der Waals surface area contributed by atoms with Gasteiger partial charge in [0.25, 0.3) is 0 Å². The van der Waals surface area contributed by atoms with E-state index in [9.17, 15) is 9.36 Å². The van der Waals surface area contributed by atoms with Crippen molar-refractivity contribution in [3.05, 3.63) is 29.8 Å². The molecule has 8 nitrogen and oxygen atoms in total. The second-order valence-corrected chi connectivity index (χ2v) is 7.09. The SMILES string of the molecule is CCCCCCOC(=O)N[C@H](c1cccc(OC)c1)[C@H](C)OP(=O)(O)O. The molecule has 0 bridgehead atoms. The van der Waals surface area contributed by atoms with Crippen LogP contribution in [0.3, 0.4) is 0 Å². The zero-order valence-corrected chi connectivity index (χ0v) is 16.3. The molecule has 2 atom stereocenters. The molecule has 0 aliphatic rings. The normalized spacial score (nSPS) is 13.7. The largest absolute Gasteiger partial charge is 0.497 e. The predicted molar refractivity (Wildman–Crippen MR) is 97.0 cm³/mol. The number of alkyl carbamates (subject to hydrolysis) is 1. The monoisotopic (exact) mass is 389 g/mol. The average Bonchev–Trinajstić information content (AvgIpc) is 2.58. The number of carbonyl (C=O) groups excluding carboxylic acids is 1. The van der Waals surface area contributed by atoms with Crippen LogP contribution in [0.4, 0.5) is 4.79 Å². The lowest BCUT2D eigenvalue weighted by atomic mass is 10.0. The third-order valence-electron chi connectivity index (χ3n) is 3.73. The van der Waals surface area contributed by atoms with Crippen molar-refractivity contribution in [2.45, 2.75) is 51.7 Å². The first-order chi connectivity index (χ1) is 12.3. The molecule has 0 aliphatic heterocycles. The van der Waals surface area contributed by atoms with Crippen LogP contribution < -0.4 is 10.1 Å². The standard InChI is InChI=1S/C17H28NO7P/c1-4-5-6-7-11-24-17(19)18-16(13(2)25-26(20,21)22)14-9-8-10-15(12-14)23-3/h8-10,12-13,16H,4-7,11H2,1-3H3,(H,18,19)(H2,20,21,22)/t13-,16-/m0/s1. The Morgan fingerprint density at radius 3 is 2.62 bits per heavy atom. The van der Waals surface area contributed by atoms with E-state index < -0.39 is 26.1 Å². The molecular weight excluding hydrogens is 361 g/mol. The topological polar surface area (TPSA) is 114 Å². The third-order valence-corrected chi connectivity index (χ3v) is 4.34. The highest BCUT2D eigenvalue weighted by molar-refractivity contribution is 7.46. The lowest BCUT2D eigenvalue weighted by Crippen LogP contribution is -2.36. The molecule has 0 unspecified atom stereocenters. The van der Waals surface area contributed by atoms with Crippen LogP contribution in [-0.4, -0.2) is 35.7 Å². The van der Waals surface area contributed by atoms with Crippen molar-refractivity contribution in [1.82, 2.24) is 5.32 Å². The number of hydrogen-bond acceptors (Lipinski definition) is 5. The molecule has 9 heteroatoms. The van der Waals surface area contributed by atoms with Crippen LogP contribution in [0.1, 0.15) is 51.1 Å². The molecule has 0 spiro atoms. The average molecular weight is 389 g/mol. The summed E-state index contributed by atoms with van der Waals surface area (Å²) in [6.45, 7) is 3.84. The maximum atomic E-state index is 12.1. The van der Waals surface area contributed by atoms with Crippen LogP contribution in [0, 0.1) is 0 Å². The summed E-state index contributed by atoms with van der Waals surface area (Å²) in [6.07, 6.45) is 2.23. The number of unbranched alkanes of at least 4 members (excludes halogenated alkanes) is 3. The van der Waals surface area contributed by atoms with E-state index in [2.05, 4.69) is 12.2 Å². The Labute approximate surface area is 154 Å². The van der Waals surface area contributed by atoms with Crippen LogP contribution >= 0.6 is 7.82 Å². The molecule has 0 radical (unpaired) electrons. The van der Waals surface area contributed by atoms with Gasteiger partial charge in [0.1, 0.15) is 5.75 Å². The predicted octanol–water partition coefficient (Wildman–Crippen LogP) is 3.54. The minimum Gasteiger partial charge on any atom is -0.497 e. The van der Waals surface area contributed by atoms with E-state index >= 15 is 0 Å². The molecule has 1 aromatic rings. The van der Waals surface area contributed by atoms with Gasteiger partial charge in [0, 0.05) is 0 Å². The van der Waals surface area contributed by atoms with Gasteiger partial charge >= 0.3 is 13.9 Å². The molecule has 26 heavy (non-hydrogen) atoms. The Kier molecular flexibility index (Phi) is 9.65. The van der Waals surface area contributed by atoms with Crippen LogP contribution in [0.15, 0.2) is 24.3 Å². The first kappa shape index (κ1) is 22.4. The maximum absolute atomic E-state index is 12.1. The molecule has 0 saturated heterocycles. The van der Waals surface area contributed by atoms with Gasteiger partial charge in [-0.1, -0.05) is 38.3 Å². The van der Waals surface area contributed by atoms with Crippen molar-refractivity contribution in [3.8, 4) is 5.75 Å². The van der Waals surface area contributed by atoms with Crippen molar-refractivity contribution < 1.29 is 33.1 Å². The molecule has 0 fully saturated rings. The zero-order chi connectivity index (χ0) is 19.6. The number of nitrogens with one attached hydrogen (secondary N) is 1. The van der Waals surface area contributed by atoms with Crippen molar-refractivity contribution >= 4 is 13.9 Å². The van der Waals surface area contributed by atoms with Crippen LogP contribution in [0.5, 0.6) is 5.75 Å². The number of hydrogen-bond donors (Lipinski definition) is 3. The zero-order valence-electron chi connectivity index (χ0n) is 15.4. The molecule has 1 amide bonds. The van der Waals surface area contributed by atoms with Gasteiger partial charge in [0.05, 0.1) is 25.9 Å². The number of amides is 1. The minimum atomic E-state index is -4.72. The van der Waals surface area contributed by atoms with Gasteiger partial charge in [-0.05, 0) is 31.0 Å². The fourth-order valence-corrected chi connectivity index (χ4v) is 3.00. The number of carbonyl (C=O) groups is 1. The van der Waals surface area contributed by atoms with Gasteiger partial charge in [-0.2, -0.15) is 0 Å². The smallest absolute Gasteiger partial charge is 0.469 e. The molecule has 0 aliphatic carbocycles. The first-order valence-electron chi connectivity index (χ1n) is 8.58. The van der Waals surface area contributed by atoms with Gasteiger partial charge in [0.15, 0.2) is 0 Å². The van der Waals surface area contributed by atoms with Crippen molar-refractivity contribution in [2.75, 3.05) is 13.7 Å². The minimum absolute atomic E-state index is 0.282. The molecule has 0 aromatic heterocycles. The summed E-state index contributed by atoms with van der Waals surface area (Å²) in [5, 5.41) is 2.61. The van der Waals surface area contributed by atoms with E-state index in [1.165, 1.54) is 14.0 Å². The van der Waals surface area contributed by atoms with E-state index in [-0.39, 0.29) is 6.61 Å². The van der Waals surface area contributed by atoms with Crippen molar-refractivity contribution in [2.24, 2.45) is 0 Å². The van der Waals surface area contributed by atoms with E-state index in [4.69, 9.17) is 23.8 Å². The third kappa shape index (κ3) is 8.67. The molecule has 0 saturated carbocycles. The van der Waals surface area contributed by atoms with E-state index in [1.54, 1.807) is 24.3 Å². The summed E-state index contributed by atoms with van der Waals surface area (Å²) in [5.41, 5.74) is 0.577. The molecule has 1 rings (SSSR count). The fourth-order valence-electron chi connectivity index (χ4n) is 2.45. The molecule has 0 heterocycles. The summed E-state index contributed by atoms with van der Waals surface area (Å²) in [4.78, 5) is 30.2. The van der Waals surface area contributed by atoms with Crippen molar-refractivity contribution in [3.63, 3.8) is 0 Å². The highest BCUT2D eigenvalue weighted by atomic mass is 31.2. The first-order valence-corrected chi connectivity index (χ1v) is 10.1. The highest BCUT2D eigenvalue weighted by Gasteiger charge is 2.29. The second-order valence-electron chi connectivity index (χ2n) is 5.90. The van der Waals surface area contributed by atoms with Gasteiger partial charge in [-0.25, -0.2) is 9.36 Å². The second kappa shape index (κ2) is 11.2. The Morgan fingerprint density at radius 2 is 2.00 bits per heavy atom. The van der Waals surface area contributed by atoms with E-state index in [0.29, 0.717) is 11.3 Å². The fraction of sp³-hybridized carbons (Fsp3) is 0.588. The van der Waals surface area contributed by atoms with Crippen LogP contribution in [0.25, 0.3) is 0 Å². The van der Waals surface area contributed by atoms with Crippen molar-refractivity contribution in [1.29, 1.82) is 0 Å². The molecule has 1 aromatic carbocycles. The van der Waals surface area contributed by atoms with Gasteiger partial charge < -0.3 is 24.6 Å². The quantitative estimate of drug-likeness (QED) is 0.392. The Morgan fingerprint density at radius 1 is 1.27 bits per heavy atom. The van der Waals surface area contributed by atoms with Gasteiger partial charge in [-0.3, -0.25) is 4.52 Å². The summed E-state index contributed by atoms with van der Waals surface area (Å²) in [6, 6.07) is 5.98. The summed E-state index contributed by atoms with van der Waals surface area (Å²) in [5.74, 6) is 0.547. The van der Waals surface area contributed by atoms with Gasteiger partial charge in [-0.15, -0.1) is 0 Å². The molecule has 148 valence electrons. The van der Waals surface area contributed by atoms with Crippen LogP contribution in [0.2, 0.25) is 0 Å². The van der Waals surface area contributed by atoms with E-state index in [1.807, 2.05) is 0 Å². The van der Waals surface area contributed by atoms with Crippen LogP contribution in [-0.2, 0) is 13.8 Å². The van der Waals surface area contributed by atoms with E-state index in [0.717, 1.165) is 25.7 Å². The number of methoxy groups -OCH3 is 1. The summed E-state index contributed by atoms with van der Waals surface area (Å²) in [7, 11) is -3.21.